The molecule has 1 atom stereocenters. The lowest BCUT2D eigenvalue weighted by atomic mass is 10.2. The first-order valence-corrected chi connectivity index (χ1v) is 10.1. The number of ether oxygens (including phenoxy) is 2. The van der Waals surface area contributed by atoms with Gasteiger partial charge in [0, 0.05) is 11.8 Å². The number of carbonyl (C=O) groups is 2. The average Bonchev–Trinajstić information content (AvgIpc) is 3.24. The van der Waals surface area contributed by atoms with Crippen molar-refractivity contribution in [3.05, 3.63) is 71.4 Å². The Bertz CT molecular complexity index is 1270. The highest BCUT2D eigenvalue weighted by atomic mass is 35.5. The normalized spacial score (nSPS) is 11.7. The zero-order valence-electron chi connectivity index (χ0n) is 17.3. The van der Waals surface area contributed by atoms with E-state index in [0.29, 0.717) is 33.3 Å². The van der Waals surface area contributed by atoms with Crippen molar-refractivity contribution in [3.63, 3.8) is 0 Å². The van der Waals surface area contributed by atoms with Gasteiger partial charge in [-0.25, -0.2) is 14.8 Å². The Labute approximate surface area is 188 Å². The molecule has 0 aliphatic rings. The molecule has 4 rings (SSSR count). The number of pyridine rings is 1. The molecule has 0 spiro atoms. The number of methoxy groups -OCH3 is 1. The Kier molecular flexibility index (Phi) is 6.04. The number of H-pyrrole nitrogens is 1. The van der Waals surface area contributed by atoms with Crippen LogP contribution in [0.2, 0.25) is 5.02 Å². The number of halogens is 1. The number of benzene rings is 2. The molecule has 0 aliphatic heterocycles. The molecule has 0 fully saturated rings. The predicted molar refractivity (Wildman–Crippen MR) is 121 cm³/mol. The number of hydrogen-bond acceptors (Lipinski definition) is 6. The fraction of sp³-hybridized carbons (Fsp3) is 0.130. The summed E-state index contributed by atoms with van der Waals surface area (Å²) in [5.74, 6) is 0.598. The topological polar surface area (TPSA) is 106 Å². The zero-order chi connectivity index (χ0) is 22.7. The fourth-order valence-corrected chi connectivity index (χ4v) is 3.09. The molecule has 32 heavy (non-hydrogen) atoms. The number of rotatable bonds is 6. The van der Waals surface area contributed by atoms with Gasteiger partial charge < -0.3 is 19.8 Å². The minimum Gasteiger partial charge on any atom is -0.497 e. The maximum Gasteiger partial charge on any atom is 0.338 e. The van der Waals surface area contributed by atoms with Crippen LogP contribution in [-0.4, -0.2) is 40.0 Å². The van der Waals surface area contributed by atoms with Crippen molar-refractivity contribution >= 4 is 40.3 Å². The second-order valence-electron chi connectivity index (χ2n) is 6.94. The minimum absolute atomic E-state index is 0.298. The first-order valence-electron chi connectivity index (χ1n) is 9.70. The average molecular weight is 451 g/mol. The van der Waals surface area contributed by atoms with E-state index in [1.54, 1.807) is 37.4 Å². The first-order chi connectivity index (χ1) is 15.4. The molecule has 9 heteroatoms. The van der Waals surface area contributed by atoms with Gasteiger partial charge in [0.05, 0.1) is 28.7 Å². The van der Waals surface area contributed by atoms with Crippen LogP contribution in [0.1, 0.15) is 17.3 Å². The first kappa shape index (κ1) is 21.3. The Morgan fingerprint density at radius 1 is 1.09 bits per heavy atom. The molecule has 2 N–H and O–H groups in total. The van der Waals surface area contributed by atoms with Crippen LogP contribution in [0.15, 0.2) is 60.8 Å². The van der Waals surface area contributed by atoms with E-state index in [4.69, 9.17) is 21.1 Å². The fourth-order valence-electron chi connectivity index (χ4n) is 2.98. The lowest BCUT2D eigenvalue weighted by Gasteiger charge is -2.13. The van der Waals surface area contributed by atoms with E-state index in [9.17, 15) is 9.59 Å². The third kappa shape index (κ3) is 4.70. The predicted octanol–water partition coefficient (Wildman–Crippen LogP) is 4.47. The minimum atomic E-state index is -1.02. The van der Waals surface area contributed by atoms with Gasteiger partial charge in [-0.1, -0.05) is 11.6 Å². The van der Waals surface area contributed by atoms with Gasteiger partial charge in [0.1, 0.15) is 17.4 Å². The highest BCUT2D eigenvalue weighted by Gasteiger charge is 2.20. The van der Waals surface area contributed by atoms with E-state index >= 15 is 0 Å². The lowest BCUT2D eigenvalue weighted by molar-refractivity contribution is -0.123. The van der Waals surface area contributed by atoms with E-state index < -0.39 is 18.0 Å². The van der Waals surface area contributed by atoms with E-state index in [0.717, 1.165) is 11.3 Å². The number of hydrogen-bond donors (Lipinski definition) is 2. The summed E-state index contributed by atoms with van der Waals surface area (Å²) in [5.41, 5.74) is 2.55. The number of nitrogens with one attached hydrogen (secondary N) is 2. The Morgan fingerprint density at radius 2 is 1.88 bits per heavy atom. The van der Waals surface area contributed by atoms with E-state index in [1.165, 1.54) is 13.1 Å². The molecule has 0 saturated heterocycles. The second-order valence-corrected chi connectivity index (χ2v) is 7.38. The number of imidazole rings is 1. The quantitative estimate of drug-likeness (QED) is 0.420. The van der Waals surface area contributed by atoms with E-state index in [-0.39, 0.29) is 0 Å². The summed E-state index contributed by atoms with van der Waals surface area (Å²) in [4.78, 5) is 36.6. The summed E-state index contributed by atoms with van der Waals surface area (Å²) in [6, 6.07) is 15.6. The lowest BCUT2D eigenvalue weighted by Crippen LogP contribution is -2.30. The summed E-state index contributed by atoms with van der Waals surface area (Å²) in [7, 11) is 1.61. The van der Waals surface area contributed by atoms with Crippen molar-refractivity contribution in [2.45, 2.75) is 13.0 Å². The molecular formula is C23H19ClN4O4. The van der Waals surface area contributed by atoms with Crippen LogP contribution in [-0.2, 0) is 9.53 Å². The van der Waals surface area contributed by atoms with Gasteiger partial charge in [-0.2, -0.15) is 0 Å². The van der Waals surface area contributed by atoms with Crippen LogP contribution < -0.4 is 10.1 Å². The van der Waals surface area contributed by atoms with Crippen molar-refractivity contribution in [1.82, 2.24) is 15.0 Å². The van der Waals surface area contributed by atoms with Crippen LogP contribution in [0.25, 0.3) is 22.4 Å². The molecule has 4 aromatic rings. The number of esters is 1. The molecule has 0 aliphatic carbocycles. The second kappa shape index (κ2) is 9.07. The summed E-state index contributed by atoms with van der Waals surface area (Å²) in [6.07, 6.45) is 0.389. The molecule has 0 radical (unpaired) electrons. The third-order valence-corrected chi connectivity index (χ3v) is 4.94. The van der Waals surface area contributed by atoms with E-state index in [2.05, 4.69) is 20.3 Å². The maximum absolute atomic E-state index is 12.6. The molecule has 0 saturated carbocycles. The monoisotopic (exact) mass is 450 g/mol. The van der Waals surface area contributed by atoms with Crippen LogP contribution in [0.3, 0.4) is 0 Å². The number of aromatic amines is 1. The van der Waals surface area contributed by atoms with E-state index in [1.807, 2.05) is 24.3 Å². The van der Waals surface area contributed by atoms with Gasteiger partial charge in [0.2, 0.25) is 0 Å². The molecule has 2 aromatic carbocycles. The number of nitrogens with zero attached hydrogens (tertiary/aromatic N) is 2. The smallest absolute Gasteiger partial charge is 0.338 e. The molecular weight excluding hydrogens is 432 g/mol. The van der Waals surface area contributed by atoms with Gasteiger partial charge in [0.15, 0.2) is 6.10 Å². The summed E-state index contributed by atoms with van der Waals surface area (Å²) in [6.45, 7) is 1.49. The molecule has 1 amide bonds. The van der Waals surface area contributed by atoms with Crippen molar-refractivity contribution < 1.29 is 19.1 Å². The molecule has 2 aromatic heterocycles. The highest BCUT2D eigenvalue weighted by Crippen LogP contribution is 2.24. The van der Waals surface area contributed by atoms with Gasteiger partial charge in [-0.15, -0.1) is 0 Å². The Balaban J connectivity index is 1.45. The number of carbonyl (C=O) groups excluding carboxylic acids is 2. The Hall–Kier alpha value is -3.91. The van der Waals surface area contributed by atoms with Gasteiger partial charge in [-0.05, 0) is 61.5 Å². The molecule has 8 nitrogen and oxygen atoms in total. The highest BCUT2D eigenvalue weighted by molar-refractivity contribution is 6.30. The standard InChI is InChI=1S/C23H19ClN4O4/c1-13(22(29)28-20-10-6-16(24)12-25-20)32-23(30)15-5-9-18-19(11-15)27-21(26-18)14-3-7-17(31-2)8-4-14/h3-13H,1-2H3,(H,26,27)(H,25,28,29). The van der Waals surface area contributed by atoms with Gasteiger partial charge in [0.25, 0.3) is 5.91 Å². The van der Waals surface area contributed by atoms with Crippen LogP contribution in [0.5, 0.6) is 5.75 Å². The van der Waals surface area contributed by atoms with Crippen LogP contribution >= 0.6 is 11.6 Å². The molecule has 2 heterocycles. The molecule has 162 valence electrons. The SMILES string of the molecule is COc1ccc(-c2nc3ccc(C(=O)OC(C)C(=O)Nc4ccc(Cl)cn4)cc3[nH]2)cc1. The van der Waals surface area contributed by atoms with Gasteiger partial charge >= 0.3 is 5.97 Å². The van der Waals surface area contributed by atoms with Crippen LogP contribution in [0.4, 0.5) is 5.82 Å². The van der Waals surface area contributed by atoms with Crippen molar-refractivity contribution in [2.24, 2.45) is 0 Å². The van der Waals surface area contributed by atoms with Gasteiger partial charge in [-0.3, -0.25) is 4.79 Å². The van der Waals surface area contributed by atoms with Crippen molar-refractivity contribution in [2.75, 3.05) is 12.4 Å². The number of fused-ring (bicyclic) bond motifs is 1. The summed E-state index contributed by atoms with van der Waals surface area (Å²) < 4.78 is 10.5. The third-order valence-electron chi connectivity index (χ3n) is 4.71. The number of aromatic nitrogens is 3. The number of amides is 1. The Morgan fingerprint density at radius 3 is 2.56 bits per heavy atom. The molecule has 0 bridgehead atoms. The van der Waals surface area contributed by atoms with Crippen molar-refractivity contribution in [3.8, 4) is 17.1 Å². The number of anilines is 1. The van der Waals surface area contributed by atoms with Crippen molar-refractivity contribution in [1.29, 1.82) is 0 Å². The molecule has 1 unspecified atom stereocenters. The summed E-state index contributed by atoms with van der Waals surface area (Å²) in [5, 5.41) is 3.02. The summed E-state index contributed by atoms with van der Waals surface area (Å²) >= 11 is 5.78. The zero-order valence-corrected chi connectivity index (χ0v) is 18.0. The maximum atomic E-state index is 12.6. The van der Waals surface area contributed by atoms with Crippen LogP contribution in [0, 0.1) is 0 Å². The largest absolute Gasteiger partial charge is 0.497 e.